The Bertz CT molecular complexity index is 397. The zero-order valence-corrected chi connectivity index (χ0v) is 11.7. The minimum absolute atomic E-state index is 0.0831. The zero-order chi connectivity index (χ0) is 14.1. The minimum Gasteiger partial charge on any atom is -0.481 e. The molecular formula is C11H19N3O4S. The van der Waals surface area contributed by atoms with Gasteiger partial charge in [0.15, 0.2) is 11.0 Å². The van der Waals surface area contributed by atoms with Crippen LogP contribution in [0.15, 0.2) is 5.16 Å². The molecule has 1 aromatic rings. The molecule has 0 unspecified atom stereocenters. The van der Waals surface area contributed by atoms with Gasteiger partial charge in [-0.25, -0.2) is 0 Å². The van der Waals surface area contributed by atoms with Crippen LogP contribution >= 0.6 is 11.8 Å². The number of rotatable bonds is 10. The molecule has 0 saturated carbocycles. The maximum Gasteiger partial charge on any atom is 0.313 e. The van der Waals surface area contributed by atoms with Crippen molar-refractivity contribution < 1.29 is 19.7 Å². The van der Waals surface area contributed by atoms with Crippen LogP contribution in [0.25, 0.3) is 0 Å². The molecule has 0 saturated heterocycles. The van der Waals surface area contributed by atoms with Gasteiger partial charge in [0.25, 0.3) is 0 Å². The van der Waals surface area contributed by atoms with Gasteiger partial charge in [-0.1, -0.05) is 25.1 Å². The molecule has 0 atom stereocenters. The molecule has 1 aromatic heterocycles. The number of nitrogens with zero attached hydrogens (tertiary/aromatic N) is 3. The van der Waals surface area contributed by atoms with Crippen molar-refractivity contribution in [1.29, 1.82) is 0 Å². The molecule has 1 heterocycles. The molecule has 7 nitrogen and oxygen atoms in total. The average molecular weight is 289 g/mol. The van der Waals surface area contributed by atoms with Gasteiger partial charge in [-0.3, -0.25) is 4.79 Å². The topological polar surface area (TPSA) is 97.5 Å². The Morgan fingerprint density at radius 3 is 2.84 bits per heavy atom. The summed E-state index contributed by atoms with van der Waals surface area (Å²) in [5, 5.41) is 26.0. The van der Waals surface area contributed by atoms with Crippen LogP contribution in [-0.2, 0) is 22.7 Å². The average Bonchev–Trinajstić information content (AvgIpc) is 2.78. The maximum atomic E-state index is 10.5. The summed E-state index contributed by atoms with van der Waals surface area (Å²) in [6.07, 6.45) is 2.09. The fourth-order valence-electron chi connectivity index (χ4n) is 1.40. The Kier molecular flexibility index (Phi) is 7.46. The van der Waals surface area contributed by atoms with E-state index in [-0.39, 0.29) is 12.4 Å². The summed E-state index contributed by atoms with van der Waals surface area (Å²) in [5.41, 5.74) is 0. The monoisotopic (exact) mass is 289 g/mol. The smallest absolute Gasteiger partial charge is 0.313 e. The van der Waals surface area contributed by atoms with Crippen molar-refractivity contribution in [3.05, 3.63) is 5.82 Å². The lowest BCUT2D eigenvalue weighted by molar-refractivity contribution is -0.133. The van der Waals surface area contributed by atoms with E-state index in [1.807, 2.05) is 0 Å². The van der Waals surface area contributed by atoms with Crippen molar-refractivity contribution in [1.82, 2.24) is 14.8 Å². The van der Waals surface area contributed by atoms with E-state index in [9.17, 15) is 4.79 Å². The van der Waals surface area contributed by atoms with E-state index in [0.717, 1.165) is 24.6 Å². The first-order valence-electron chi connectivity index (χ1n) is 6.14. The van der Waals surface area contributed by atoms with Crippen LogP contribution in [0.4, 0.5) is 0 Å². The number of carboxylic acid groups (broad SMARTS) is 1. The molecule has 0 aliphatic carbocycles. The molecule has 19 heavy (non-hydrogen) atoms. The third-order valence-electron chi connectivity index (χ3n) is 2.36. The van der Waals surface area contributed by atoms with Crippen molar-refractivity contribution in [3.63, 3.8) is 0 Å². The Balaban J connectivity index is 2.52. The summed E-state index contributed by atoms with van der Waals surface area (Å²) in [6.45, 7) is 3.56. The summed E-state index contributed by atoms with van der Waals surface area (Å²) < 4.78 is 7.14. The molecule has 0 aromatic carbocycles. The normalized spacial score (nSPS) is 10.8. The van der Waals surface area contributed by atoms with E-state index in [1.54, 1.807) is 4.57 Å². The number of unbranched alkanes of at least 4 members (excludes halogenated alkanes) is 1. The molecule has 108 valence electrons. The number of hydrogen-bond acceptors (Lipinski definition) is 6. The second kappa shape index (κ2) is 8.89. The van der Waals surface area contributed by atoms with Crippen molar-refractivity contribution in [2.24, 2.45) is 0 Å². The predicted molar refractivity (Wildman–Crippen MR) is 70.0 cm³/mol. The van der Waals surface area contributed by atoms with Gasteiger partial charge >= 0.3 is 5.97 Å². The van der Waals surface area contributed by atoms with Gasteiger partial charge in [-0.15, -0.1) is 10.2 Å². The summed E-state index contributed by atoms with van der Waals surface area (Å²) in [5.74, 6) is -0.573. The molecule has 0 amide bonds. The lowest BCUT2D eigenvalue weighted by atomic mass is 10.4. The Labute approximate surface area is 116 Å². The summed E-state index contributed by atoms with van der Waals surface area (Å²) >= 11 is 1.08. The fourth-order valence-corrected chi connectivity index (χ4v) is 2.10. The molecule has 0 aliphatic heterocycles. The summed E-state index contributed by atoms with van der Waals surface area (Å²) in [7, 11) is 0. The molecule has 8 heteroatoms. The third-order valence-corrected chi connectivity index (χ3v) is 3.31. The molecule has 0 aliphatic rings. The van der Waals surface area contributed by atoms with E-state index in [4.69, 9.17) is 14.9 Å². The largest absolute Gasteiger partial charge is 0.481 e. The van der Waals surface area contributed by atoms with Crippen molar-refractivity contribution in [2.75, 3.05) is 19.0 Å². The molecule has 0 spiro atoms. The Hall–Kier alpha value is -1.12. The predicted octanol–water partition coefficient (Wildman–Crippen LogP) is 0.764. The molecular weight excluding hydrogens is 270 g/mol. The van der Waals surface area contributed by atoms with E-state index >= 15 is 0 Å². The number of carbonyl (C=O) groups is 1. The Morgan fingerprint density at radius 1 is 1.42 bits per heavy atom. The number of aliphatic hydroxyl groups is 1. The quantitative estimate of drug-likeness (QED) is 0.485. The second-order valence-corrected chi connectivity index (χ2v) is 4.80. The number of carboxylic acids is 1. The van der Waals surface area contributed by atoms with E-state index in [2.05, 4.69) is 17.1 Å². The first kappa shape index (κ1) is 15.9. The minimum atomic E-state index is -0.913. The van der Waals surface area contributed by atoms with Crippen LogP contribution in [0.1, 0.15) is 25.6 Å². The number of aliphatic hydroxyl groups excluding tert-OH is 1. The highest BCUT2D eigenvalue weighted by Gasteiger charge is 2.12. The van der Waals surface area contributed by atoms with Gasteiger partial charge in [0.2, 0.25) is 0 Å². The summed E-state index contributed by atoms with van der Waals surface area (Å²) in [4.78, 5) is 10.5. The van der Waals surface area contributed by atoms with Gasteiger partial charge in [-0.05, 0) is 6.42 Å². The number of ether oxygens (including phenoxy) is 1. The highest BCUT2D eigenvalue weighted by atomic mass is 32.2. The molecule has 0 fully saturated rings. The van der Waals surface area contributed by atoms with Crippen LogP contribution < -0.4 is 0 Å². The lowest BCUT2D eigenvalue weighted by Gasteiger charge is -2.09. The number of thioether (sulfide) groups is 1. The molecule has 1 rings (SSSR count). The maximum absolute atomic E-state index is 10.5. The van der Waals surface area contributed by atoms with Crippen LogP contribution in [0.2, 0.25) is 0 Å². The van der Waals surface area contributed by atoms with Gasteiger partial charge in [0.05, 0.1) is 12.4 Å². The van der Waals surface area contributed by atoms with Gasteiger partial charge < -0.3 is 19.5 Å². The van der Waals surface area contributed by atoms with Crippen molar-refractivity contribution >= 4 is 17.7 Å². The van der Waals surface area contributed by atoms with Crippen LogP contribution in [-0.4, -0.2) is 49.9 Å². The zero-order valence-electron chi connectivity index (χ0n) is 10.9. The SMILES string of the molecule is CCCCOCCn1c(CO)nnc1SCC(=O)O. The molecule has 0 bridgehead atoms. The highest BCUT2D eigenvalue weighted by Crippen LogP contribution is 2.16. The van der Waals surface area contributed by atoms with Crippen LogP contribution in [0.5, 0.6) is 0 Å². The van der Waals surface area contributed by atoms with Gasteiger partial charge in [0, 0.05) is 13.2 Å². The highest BCUT2D eigenvalue weighted by molar-refractivity contribution is 7.99. The van der Waals surface area contributed by atoms with E-state index in [0.29, 0.717) is 30.7 Å². The molecule has 2 N–H and O–H groups in total. The van der Waals surface area contributed by atoms with Crippen molar-refractivity contribution in [2.45, 2.75) is 38.1 Å². The standard InChI is InChI=1S/C11H19N3O4S/c1-2-3-5-18-6-4-14-9(7-15)12-13-11(14)19-8-10(16)17/h15H,2-8H2,1H3,(H,16,17). The lowest BCUT2D eigenvalue weighted by Crippen LogP contribution is -2.12. The van der Waals surface area contributed by atoms with Crippen LogP contribution in [0.3, 0.4) is 0 Å². The summed E-state index contributed by atoms with van der Waals surface area (Å²) in [6, 6.07) is 0. The van der Waals surface area contributed by atoms with E-state index in [1.165, 1.54) is 0 Å². The van der Waals surface area contributed by atoms with Gasteiger partial charge in [-0.2, -0.15) is 0 Å². The first-order valence-corrected chi connectivity index (χ1v) is 7.12. The van der Waals surface area contributed by atoms with Crippen molar-refractivity contribution in [3.8, 4) is 0 Å². The fraction of sp³-hybridized carbons (Fsp3) is 0.727. The molecule has 0 radical (unpaired) electrons. The van der Waals surface area contributed by atoms with Crippen LogP contribution in [0, 0.1) is 0 Å². The number of aromatic nitrogens is 3. The van der Waals surface area contributed by atoms with Gasteiger partial charge in [0.1, 0.15) is 6.61 Å². The number of aliphatic carboxylic acids is 1. The van der Waals surface area contributed by atoms with E-state index < -0.39 is 5.97 Å². The first-order chi connectivity index (χ1) is 9.19. The Morgan fingerprint density at radius 2 is 2.21 bits per heavy atom. The second-order valence-electron chi connectivity index (χ2n) is 3.86. The third kappa shape index (κ3) is 5.58. The number of hydrogen-bond donors (Lipinski definition) is 2.